The number of nitrogens with zero attached hydrogens (tertiary/aromatic N) is 3. The normalized spacial score (nSPS) is 10.2. The van der Waals surface area contributed by atoms with E-state index in [-0.39, 0.29) is 0 Å². The molecule has 0 saturated carbocycles. The molecule has 0 aliphatic rings. The molecule has 0 aromatic carbocycles. The number of nitrogens with two attached hydrogens (primary N) is 1. The lowest BCUT2D eigenvalue weighted by atomic mass is 10.2. The zero-order chi connectivity index (χ0) is 13.0. The molecule has 0 aliphatic carbocycles. The number of nitrogens with one attached hydrogen (secondary N) is 2. The molecule has 2 aromatic heterocycles. The highest BCUT2D eigenvalue weighted by molar-refractivity contribution is 5.56. The lowest BCUT2D eigenvalue weighted by Crippen LogP contribution is -2.14. The molecule has 0 fully saturated rings. The molecular formula is C12H16N6. The number of aromatic nitrogens is 3. The Kier molecular flexibility index (Phi) is 3.69. The maximum absolute atomic E-state index is 5.42. The van der Waals surface area contributed by atoms with Crippen LogP contribution < -0.4 is 16.6 Å². The fourth-order valence-electron chi connectivity index (χ4n) is 1.63. The van der Waals surface area contributed by atoms with Gasteiger partial charge in [-0.1, -0.05) is 6.07 Å². The van der Waals surface area contributed by atoms with Gasteiger partial charge in [-0.2, -0.15) is 0 Å². The lowest BCUT2D eigenvalue weighted by molar-refractivity contribution is 0.994. The van der Waals surface area contributed by atoms with Crippen LogP contribution in [0.4, 0.5) is 11.6 Å². The summed E-state index contributed by atoms with van der Waals surface area (Å²) in [4.78, 5) is 12.6. The standard InChI is InChI=1S/C12H16N6/c1-8-11(16-9(2)17-12(8)18-13)15-7-10-4-3-5-14-6-10/h3-6H,7,13H2,1-2H3,(H2,15,16,17,18). The van der Waals surface area contributed by atoms with Crippen LogP contribution in [0.5, 0.6) is 0 Å². The van der Waals surface area contributed by atoms with Gasteiger partial charge in [-0.15, -0.1) is 0 Å². The molecule has 18 heavy (non-hydrogen) atoms. The van der Waals surface area contributed by atoms with E-state index in [1.54, 1.807) is 6.20 Å². The zero-order valence-corrected chi connectivity index (χ0v) is 10.4. The topological polar surface area (TPSA) is 88.8 Å². The number of pyridine rings is 1. The van der Waals surface area contributed by atoms with E-state index < -0.39 is 0 Å². The molecule has 0 atom stereocenters. The molecule has 6 heteroatoms. The zero-order valence-electron chi connectivity index (χ0n) is 10.4. The molecule has 0 radical (unpaired) electrons. The molecule has 0 unspecified atom stereocenters. The van der Waals surface area contributed by atoms with Crippen molar-refractivity contribution in [1.82, 2.24) is 15.0 Å². The Hall–Kier alpha value is -2.21. The maximum atomic E-state index is 5.42. The Morgan fingerprint density at radius 1 is 1.22 bits per heavy atom. The average molecular weight is 244 g/mol. The monoisotopic (exact) mass is 244 g/mol. The van der Waals surface area contributed by atoms with E-state index in [0.717, 1.165) is 16.9 Å². The molecule has 0 spiro atoms. The molecule has 94 valence electrons. The summed E-state index contributed by atoms with van der Waals surface area (Å²) in [6.45, 7) is 4.41. The molecule has 0 amide bonds. The second kappa shape index (κ2) is 5.42. The van der Waals surface area contributed by atoms with E-state index in [1.165, 1.54) is 0 Å². The first-order valence-corrected chi connectivity index (χ1v) is 5.65. The first kappa shape index (κ1) is 12.3. The highest BCUT2D eigenvalue weighted by atomic mass is 15.3. The van der Waals surface area contributed by atoms with Crippen molar-refractivity contribution in [2.75, 3.05) is 10.7 Å². The molecule has 0 saturated heterocycles. The number of hydrogen-bond acceptors (Lipinski definition) is 6. The number of aryl methyl sites for hydroxylation is 1. The van der Waals surface area contributed by atoms with Gasteiger partial charge >= 0.3 is 0 Å². The minimum absolute atomic E-state index is 0.635. The summed E-state index contributed by atoms with van der Waals surface area (Å²) in [7, 11) is 0. The first-order chi connectivity index (χ1) is 8.70. The van der Waals surface area contributed by atoms with Crippen molar-refractivity contribution in [2.45, 2.75) is 20.4 Å². The van der Waals surface area contributed by atoms with Gasteiger partial charge in [0.05, 0.1) is 0 Å². The summed E-state index contributed by atoms with van der Waals surface area (Å²) < 4.78 is 0. The van der Waals surface area contributed by atoms with E-state index in [1.807, 2.05) is 32.2 Å². The number of hydrogen-bond donors (Lipinski definition) is 3. The molecule has 2 aromatic rings. The van der Waals surface area contributed by atoms with Crippen molar-refractivity contribution in [2.24, 2.45) is 5.84 Å². The molecule has 4 N–H and O–H groups in total. The summed E-state index contributed by atoms with van der Waals surface area (Å²) in [5, 5.41) is 3.26. The second-order valence-corrected chi connectivity index (χ2v) is 3.95. The predicted octanol–water partition coefficient (Wildman–Crippen LogP) is 1.39. The third kappa shape index (κ3) is 2.72. The average Bonchev–Trinajstić information content (AvgIpc) is 2.40. The van der Waals surface area contributed by atoms with E-state index >= 15 is 0 Å². The van der Waals surface area contributed by atoms with E-state index in [4.69, 9.17) is 5.84 Å². The van der Waals surface area contributed by atoms with Gasteiger partial charge in [0, 0.05) is 24.5 Å². The Morgan fingerprint density at radius 2 is 2.00 bits per heavy atom. The SMILES string of the molecule is Cc1nc(NN)c(C)c(NCc2cccnc2)n1. The van der Waals surface area contributed by atoms with Gasteiger partial charge in [0.1, 0.15) is 17.5 Å². The number of nitrogen functional groups attached to an aromatic ring is 1. The smallest absolute Gasteiger partial charge is 0.148 e. The predicted molar refractivity (Wildman–Crippen MR) is 70.9 cm³/mol. The number of rotatable bonds is 4. The summed E-state index contributed by atoms with van der Waals surface area (Å²) in [5.41, 5.74) is 4.56. The quantitative estimate of drug-likeness (QED) is 0.556. The van der Waals surface area contributed by atoms with Gasteiger partial charge < -0.3 is 10.7 Å². The van der Waals surface area contributed by atoms with Gasteiger partial charge in [-0.05, 0) is 25.5 Å². The maximum Gasteiger partial charge on any atom is 0.148 e. The van der Waals surface area contributed by atoms with Crippen LogP contribution in [0, 0.1) is 13.8 Å². The van der Waals surface area contributed by atoms with Gasteiger partial charge in [0.15, 0.2) is 0 Å². The first-order valence-electron chi connectivity index (χ1n) is 5.65. The Balaban J connectivity index is 2.17. The van der Waals surface area contributed by atoms with Crippen LogP contribution in [0.1, 0.15) is 17.0 Å². The van der Waals surface area contributed by atoms with Crippen LogP contribution in [0.3, 0.4) is 0 Å². The summed E-state index contributed by atoms with van der Waals surface area (Å²) >= 11 is 0. The summed E-state index contributed by atoms with van der Waals surface area (Å²) in [5.74, 6) is 7.50. The molecule has 2 heterocycles. The number of anilines is 2. The van der Waals surface area contributed by atoms with Crippen LogP contribution in [-0.2, 0) is 6.54 Å². The van der Waals surface area contributed by atoms with Gasteiger partial charge in [0.2, 0.25) is 0 Å². The van der Waals surface area contributed by atoms with Crippen molar-refractivity contribution < 1.29 is 0 Å². The van der Waals surface area contributed by atoms with Gasteiger partial charge in [-0.3, -0.25) is 4.98 Å². The van der Waals surface area contributed by atoms with Crippen LogP contribution in [-0.4, -0.2) is 15.0 Å². The van der Waals surface area contributed by atoms with Crippen molar-refractivity contribution in [3.05, 3.63) is 41.5 Å². The van der Waals surface area contributed by atoms with Crippen LogP contribution in [0.25, 0.3) is 0 Å². The van der Waals surface area contributed by atoms with Crippen LogP contribution in [0.2, 0.25) is 0 Å². The molecule has 6 nitrogen and oxygen atoms in total. The Labute approximate surface area is 106 Å². The molecule has 0 bridgehead atoms. The Bertz CT molecular complexity index is 526. The minimum Gasteiger partial charge on any atom is -0.366 e. The third-order valence-corrected chi connectivity index (χ3v) is 2.58. The summed E-state index contributed by atoms with van der Waals surface area (Å²) in [6, 6.07) is 3.91. The van der Waals surface area contributed by atoms with E-state index in [9.17, 15) is 0 Å². The van der Waals surface area contributed by atoms with Crippen molar-refractivity contribution in [3.8, 4) is 0 Å². The largest absolute Gasteiger partial charge is 0.366 e. The van der Waals surface area contributed by atoms with Gasteiger partial charge in [0.25, 0.3) is 0 Å². The molecule has 0 aliphatic heterocycles. The highest BCUT2D eigenvalue weighted by Crippen LogP contribution is 2.19. The Morgan fingerprint density at radius 3 is 2.67 bits per heavy atom. The van der Waals surface area contributed by atoms with Crippen LogP contribution >= 0.6 is 0 Å². The molecular weight excluding hydrogens is 228 g/mol. The highest BCUT2D eigenvalue weighted by Gasteiger charge is 2.07. The van der Waals surface area contributed by atoms with Gasteiger partial charge in [-0.25, -0.2) is 15.8 Å². The third-order valence-electron chi connectivity index (χ3n) is 2.58. The van der Waals surface area contributed by atoms with Crippen LogP contribution in [0.15, 0.2) is 24.5 Å². The van der Waals surface area contributed by atoms with E-state index in [2.05, 4.69) is 25.7 Å². The fraction of sp³-hybridized carbons (Fsp3) is 0.250. The molecule has 2 rings (SSSR count). The van der Waals surface area contributed by atoms with Crippen molar-refractivity contribution in [3.63, 3.8) is 0 Å². The number of hydrazine groups is 1. The minimum atomic E-state index is 0.635. The second-order valence-electron chi connectivity index (χ2n) is 3.95. The van der Waals surface area contributed by atoms with E-state index in [0.29, 0.717) is 18.2 Å². The van der Waals surface area contributed by atoms with Crippen molar-refractivity contribution >= 4 is 11.6 Å². The summed E-state index contributed by atoms with van der Waals surface area (Å²) in [6.07, 6.45) is 3.57. The van der Waals surface area contributed by atoms with Crippen molar-refractivity contribution in [1.29, 1.82) is 0 Å². The fourth-order valence-corrected chi connectivity index (χ4v) is 1.63. The lowest BCUT2D eigenvalue weighted by Gasteiger charge is -2.12.